The van der Waals surface area contributed by atoms with Crippen LogP contribution in [0, 0.1) is 22.6 Å². The van der Waals surface area contributed by atoms with Crippen LogP contribution in [0.25, 0.3) is 0 Å². The zero-order valence-electron chi connectivity index (χ0n) is 9.69. The molecule has 1 aliphatic rings. The van der Waals surface area contributed by atoms with Gasteiger partial charge in [-0.25, -0.2) is 4.39 Å². The van der Waals surface area contributed by atoms with Gasteiger partial charge < -0.3 is 5.32 Å². The van der Waals surface area contributed by atoms with Crippen LogP contribution in [0.4, 0.5) is 10.1 Å². The van der Waals surface area contributed by atoms with Gasteiger partial charge in [0, 0.05) is 6.54 Å². The van der Waals surface area contributed by atoms with Crippen LogP contribution in [0.2, 0.25) is 0 Å². The number of hydrogen-bond donors (Lipinski definition) is 1. The number of benzene rings is 1. The van der Waals surface area contributed by atoms with E-state index in [1.165, 1.54) is 19.3 Å². The van der Waals surface area contributed by atoms with Crippen molar-refractivity contribution >= 4 is 21.6 Å². The summed E-state index contributed by atoms with van der Waals surface area (Å²) in [4.78, 5) is 0. The lowest BCUT2D eigenvalue weighted by Crippen LogP contribution is -2.33. The van der Waals surface area contributed by atoms with Crippen LogP contribution in [0.1, 0.15) is 31.7 Å². The highest BCUT2D eigenvalue weighted by Crippen LogP contribution is 2.40. The van der Waals surface area contributed by atoms with Gasteiger partial charge in [0.05, 0.1) is 15.7 Å². The predicted molar refractivity (Wildman–Crippen MR) is 69.3 cm³/mol. The topological polar surface area (TPSA) is 35.8 Å². The lowest BCUT2D eigenvalue weighted by atomic mass is 9.70. The smallest absolute Gasteiger partial charge is 0.161 e. The van der Waals surface area contributed by atoms with Crippen LogP contribution in [-0.2, 0) is 0 Å². The molecule has 0 aromatic heterocycles. The second kappa shape index (κ2) is 4.66. The number of nitrogens with zero attached hydrogens (tertiary/aromatic N) is 1. The third-order valence-electron chi connectivity index (χ3n) is 3.47. The van der Waals surface area contributed by atoms with Gasteiger partial charge in [-0.15, -0.1) is 0 Å². The van der Waals surface area contributed by atoms with Gasteiger partial charge in [0.2, 0.25) is 0 Å². The largest absolute Gasteiger partial charge is 0.382 e. The SMILES string of the molecule is CC1(CNc2ccc(C#N)c(Br)c2F)CCC1. The molecule has 0 spiro atoms. The van der Waals surface area contributed by atoms with Crippen molar-refractivity contribution in [1.29, 1.82) is 5.26 Å². The average molecular weight is 297 g/mol. The molecule has 1 aromatic carbocycles. The molecule has 0 radical (unpaired) electrons. The van der Waals surface area contributed by atoms with Crippen LogP contribution in [0.15, 0.2) is 16.6 Å². The quantitative estimate of drug-likeness (QED) is 0.913. The van der Waals surface area contributed by atoms with Crippen LogP contribution in [0.5, 0.6) is 0 Å². The third-order valence-corrected chi connectivity index (χ3v) is 4.24. The van der Waals surface area contributed by atoms with E-state index in [0.717, 1.165) is 6.54 Å². The lowest BCUT2D eigenvalue weighted by Gasteiger charge is -2.38. The molecule has 90 valence electrons. The fourth-order valence-corrected chi connectivity index (χ4v) is 2.47. The monoisotopic (exact) mass is 296 g/mol. The fourth-order valence-electron chi connectivity index (χ4n) is 2.04. The second-order valence-corrected chi connectivity index (χ2v) is 5.71. The molecular weight excluding hydrogens is 283 g/mol. The van der Waals surface area contributed by atoms with Crippen molar-refractivity contribution in [1.82, 2.24) is 0 Å². The van der Waals surface area contributed by atoms with Crippen molar-refractivity contribution in [2.24, 2.45) is 5.41 Å². The Morgan fingerprint density at radius 1 is 1.53 bits per heavy atom. The molecule has 17 heavy (non-hydrogen) atoms. The molecule has 4 heteroatoms. The first-order valence-corrected chi connectivity index (χ1v) is 6.47. The van der Waals surface area contributed by atoms with E-state index in [4.69, 9.17) is 5.26 Å². The number of nitriles is 1. The molecule has 1 aliphatic carbocycles. The first kappa shape index (κ1) is 12.4. The molecule has 0 saturated heterocycles. The Morgan fingerprint density at radius 3 is 2.76 bits per heavy atom. The van der Waals surface area contributed by atoms with Crippen molar-refractivity contribution in [3.63, 3.8) is 0 Å². The normalized spacial score (nSPS) is 17.1. The Morgan fingerprint density at radius 2 is 2.24 bits per heavy atom. The molecule has 1 saturated carbocycles. The number of rotatable bonds is 3. The van der Waals surface area contributed by atoms with E-state index in [1.54, 1.807) is 12.1 Å². The first-order chi connectivity index (χ1) is 8.06. The molecule has 1 fully saturated rings. The second-order valence-electron chi connectivity index (χ2n) is 4.92. The summed E-state index contributed by atoms with van der Waals surface area (Å²) in [5, 5.41) is 11.9. The summed E-state index contributed by atoms with van der Waals surface area (Å²) in [6.07, 6.45) is 3.65. The molecule has 1 N–H and O–H groups in total. The standard InChI is InChI=1S/C13H14BrFN2/c1-13(5-2-6-13)8-17-10-4-3-9(7-16)11(14)12(10)15/h3-4,17H,2,5-6,8H2,1H3. The van der Waals surface area contributed by atoms with Gasteiger partial charge in [-0.1, -0.05) is 13.3 Å². The summed E-state index contributed by atoms with van der Waals surface area (Å²) < 4.78 is 14.1. The molecule has 0 amide bonds. The average Bonchev–Trinajstić information content (AvgIpc) is 2.29. The number of anilines is 1. The van der Waals surface area contributed by atoms with Gasteiger partial charge in [0.25, 0.3) is 0 Å². The Kier molecular flexibility index (Phi) is 3.39. The van der Waals surface area contributed by atoms with E-state index in [2.05, 4.69) is 28.2 Å². The van der Waals surface area contributed by atoms with Crippen molar-refractivity contribution in [2.45, 2.75) is 26.2 Å². The van der Waals surface area contributed by atoms with Crippen molar-refractivity contribution < 1.29 is 4.39 Å². The van der Waals surface area contributed by atoms with Gasteiger partial charge in [0.15, 0.2) is 5.82 Å². The Labute approximate surface area is 109 Å². The maximum atomic E-state index is 13.9. The zero-order valence-corrected chi connectivity index (χ0v) is 11.3. The lowest BCUT2D eigenvalue weighted by molar-refractivity contribution is 0.180. The van der Waals surface area contributed by atoms with E-state index >= 15 is 0 Å². The molecule has 2 rings (SSSR count). The molecule has 0 unspecified atom stereocenters. The molecule has 0 aliphatic heterocycles. The number of hydrogen-bond acceptors (Lipinski definition) is 2. The maximum absolute atomic E-state index is 13.9. The van der Waals surface area contributed by atoms with Crippen LogP contribution in [0.3, 0.4) is 0 Å². The van der Waals surface area contributed by atoms with E-state index in [-0.39, 0.29) is 10.3 Å². The third kappa shape index (κ3) is 2.44. The first-order valence-electron chi connectivity index (χ1n) is 5.68. The molecular formula is C13H14BrFN2. The summed E-state index contributed by atoms with van der Waals surface area (Å²) >= 11 is 3.11. The molecule has 0 bridgehead atoms. The Balaban J connectivity index is 2.12. The highest BCUT2D eigenvalue weighted by Gasteiger charge is 2.31. The number of nitrogens with one attached hydrogen (secondary N) is 1. The summed E-state index contributed by atoms with van der Waals surface area (Å²) in [6.45, 7) is 2.99. The number of halogens is 2. The molecule has 0 atom stereocenters. The predicted octanol–water partition coefficient (Wildman–Crippen LogP) is 4.06. The minimum atomic E-state index is -0.382. The molecule has 2 nitrogen and oxygen atoms in total. The summed E-state index contributed by atoms with van der Waals surface area (Å²) in [6, 6.07) is 5.19. The highest BCUT2D eigenvalue weighted by atomic mass is 79.9. The van der Waals surface area contributed by atoms with E-state index in [0.29, 0.717) is 16.7 Å². The van der Waals surface area contributed by atoms with Crippen molar-refractivity contribution in [3.05, 3.63) is 28.0 Å². The zero-order chi connectivity index (χ0) is 12.5. The van der Waals surface area contributed by atoms with Crippen LogP contribution in [-0.4, -0.2) is 6.54 Å². The maximum Gasteiger partial charge on any atom is 0.161 e. The Hall–Kier alpha value is -1.08. The van der Waals surface area contributed by atoms with Gasteiger partial charge in [-0.05, 0) is 46.3 Å². The van der Waals surface area contributed by atoms with Gasteiger partial charge in [-0.3, -0.25) is 0 Å². The van der Waals surface area contributed by atoms with E-state index in [9.17, 15) is 4.39 Å². The van der Waals surface area contributed by atoms with Crippen molar-refractivity contribution in [3.8, 4) is 6.07 Å². The summed E-state index contributed by atoms with van der Waals surface area (Å²) in [7, 11) is 0. The fraction of sp³-hybridized carbons (Fsp3) is 0.462. The Bertz CT molecular complexity index is 475. The summed E-state index contributed by atoms with van der Waals surface area (Å²) in [5.41, 5.74) is 1.08. The minimum Gasteiger partial charge on any atom is -0.382 e. The van der Waals surface area contributed by atoms with E-state index < -0.39 is 0 Å². The summed E-state index contributed by atoms with van der Waals surface area (Å²) in [5.74, 6) is -0.382. The van der Waals surface area contributed by atoms with Gasteiger partial charge in [-0.2, -0.15) is 5.26 Å². The van der Waals surface area contributed by atoms with Crippen LogP contribution < -0.4 is 5.32 Å². The van der Waals surface area contributed by atoms with Crippen LogP contribution >= 0.6 is 15.9 Å². The van der Waals surface area contributed by atoms with Crippen molar-refractivity contribution in [2.75, 3.05) is 11.9 Å². The minimum absolute atomic E-state index is 0.240. The molecule has 1 aromatic rings. The van der Waals surface area contributed by atoms with Gasteiger partial charge in [0.1, 0.15) is 6.07 Å². The molecule has 0 heterocycles. The highest BCUT2D eigenvalue weighted by molar-refractivity contribution is 9.10. The van der Waals surface area contributed by atoms with Gasteiger partial charge >= 0.3 is 0 Å². The van der Waals surface area contributed by atoms with E-state index in [1.807, 2.05) is 6.07 Å².